The van der Waals surface area contributed by atoms with Crippen LogP contribution >= 0.6 is 0 Å². The number of hydrogen-bond donors (Lipinski definition) is 2. The minimum atomic E-state index is -1.61. The lowest BCUT2D eigenvalue weighted by Crippen LogP contribution is -2.43. The quantitative estimate of drug-likeness (QED) is 0.716. The average molecular weight is 358 g/mol. The zero-order valence-electron chi connectivity index (χ0n) is 14.7. The summed E-state index contributed by atoms with van der Waals surface area (Å²) in [5.74, 6) is -2.76. The zero-order chi connectivity index (χ0) is 19.1. The molecule has 6 nitrogen and oxygen atoms in total. The third-order valence-electron chi connectivity index (χ3n) is 3.86. The van der Waals surface area contributed by atoms with Crippen molar-refractivity contribution in [1.29, 1.82) is 0 Å². The van der Waals surface area contributed by atoms with Crippen molar-refractivity contribution in [1.82, 2.24) is 0 Å². The van der Waals surface area contributed by atoms with Crippen LogP contribution in [0.4, 0.5) is 0 Å². The Morgan fingerprint density at radius 3 is 1.31 bits per heavy atom. The summed E-state index contributed by atoms with van der Waals surface area (Å²) >= 11 is 0. The van der Waals surface area contributed by atoms with Crippen LogP contribution in [0.15, 0.2) is 48.5 Å². The van der Waals surface area contributed by atoms with Gasteiger partial charge in [0.2, 0.25) is 0 Å². The van der Waals surface area contributed by atoms with Crippen molar-refractivity contribution < 1.29 is 29.3 Å². The van der Waals surface area contributed by atoms with Crippen LogP contribution in [0.1, 0.15) is 22.3 Å². The maximum atomic E-state index is 11.5. The predicted molar refractivity (Wildman–Crippen MR) is 94.8 cm³/mol. The van der Waals surface area contributed by atoms with Crippen LogP contribution in [-0.2, 0) is 32.3 Å². The third kappa shape index (κ3) is 5.68. The van der Waals surface area contributed by atoms with Crippen molar-refractivity contribution >= 4 is 11.9 Å². The maximum absolute atomic E-state index is 11.5. The molecule has 6 heteroatoms. The van der Waals surface area contributed by atoms with E-state index in [-0.39, 0.29) is 13.2 Å². The van der Waals surface area contributed by atoms with E-state index in [0.29, 0.717) is 0 Å². The van der Waals surface area contributed by atoms with Crippen LogP contribution in [0.5, 0.6) is 0 Å². The van der Waals surface area contributed by atoms with Gasteiger partial charge in [-0.1, -0.05) is 59.7 Å². The molecule has 0 amide bonds. The van der Waals surface area contributed by atoms with Gasteiger partial charge in [0, 0.05) is 0 Å². The zero-order valence-corrected chi connectivity index (χ0v) is 14.7. The summed E-state index contributed by atoms with van der Waals surface area (Å²) in [6.45, 7) is 3.83. The first-order valence-corrected chi connectivity index (χ1v) is 8.16. The van der Waals surface area contributed by atoms with Crippen molar-refractivity contribution in [3.8, 4) is 0 Å². The van der Waals surface area contributed by atoms with Gasteiger partial charge in [-0.15, -0.1) is 0 Å². The molecule has 0 saturated heterocycles. The molecule has 0 saturated carbocycles. The number of rotatable bonds is 9. The summed E-state index contributed by atoms with van der Waals surface area (Å²) < 4.78 is 10.7. The highest BCUT2D eigenvalue weighted by Gasteiger charge is 2.36. The SMILES string of the molecule is Cc1ccc(COC(C(=O)O)C(OCc2ccc(C)cc2)C(=O)O)cc1. The standard InChI is InChI=1S/C20H22O6/c1-13-3-7-15(8-4-13)11-25-17(19(21)22)18(20(23)24)26-12-16-9-5-14(2)6-10-16/h3-10,17-18H,11-12H2,1-2H3,(H,21,22)(H,23,24). The van der Waals surface area contributed by atoms with Crippen molar-refractivity contribution in [3.63, 3.8) is 0 Å². The molecule has 2 aromatic rings. The van der Waals surface area contributed by atoms with Crippen molar-refractivity contribution in [3.05, 3.63) is 70.8 Å². The highest BCUT2D eigenvalue weighted by molar-refractivity contribution is 5.83. The molecule has 2 N–H and O–H groups in total. The lowest BCUT2D eigenvalue weighted by atomic mass is 10.1. The number of benzene rings is 2. The first-order chi connectivity index (χ1) is 12.4. The molecule has 0 heterocycles. The highest BCUT2D eigenvalue weighted by atomic mass is 16.6. The van der Waals surface area contributed by atoms with E-state index in [9.17, 15) is 19.8 Å². The van der Waals surface area contributed by atoms with E-state index >= 15 is 0 Å². The minimum absolute atomic E-state index is 0.0189. The van der Waals surface area contributed by atoms with Crippen LogP contribution in [0.2, 0.25) is 0 Å². The molecule has 26 heavy (non-hydrogen) atoms. The lowest BCUT2D eigenvalue weighted by Gasteiger charge is -2.21. The Hall–Kier alpha value is -2.70. The lowest BCUT2D eigenvalue weighted by molar-refractivity contribution is -0.179. The van der Waals surface area contributed by atoms with Gasteiger partial charge in [-0.3, -0.25) is 0 Å². The fourth-order valence-electron chi connectivity index (χ4n) is 2.32. The molecular weight excluding hydrogens is 336 g/mol. The van der Waals surface area contributed by atoms with Crippen LogP contribution in [0, 0.1) is 13.8 Å². The third-order valence-corrected chi connectivity index (χ3v) is 3.86. The average Bonchev–Trinajstić information content (AvgIpc) is 2.60. The van der Waals surface area contributed by atoms with Gasteiger partial charge >= 0.3 is 11.9 Å². The molecule has 0 spiro atoms. The van der Waals surface area contributed by atoms with Gasteiger partial charge < -0.3 is 19.7 Å². The fraction of sp³-hybridized carbons (Fsp3) is 0.300. The minimum Gasteiger partial charge on any atom is -0.479 e. The normalized spacial score (nSPS) is 13.2. The number of carbonyl (C=O) groups is 2. The Bertz CT molecular complexity index is 670. The first kappa shape index (κ1) is 19.6. The summed E-state index contributed by atoms with van der Waals surface area (Å²) in [4.78, 5) is 23.0. The molecule has 0 aliphatic heterocycles. The maximum Gasteiger partial charge on any atom is 0.336 e. The number of ether oxygens (including phenoxy) is 2. The van der Waals surface area contributed by atoms with E-state index in [4.69, 9.17) is 9.47 Å². The summed E-state index contributed by atoms with van der Waals surface area (Å²) in [6, 6.07) is 14.7. The Morgan fingerprint density at radius 1 is 0.731 bits per heavy atom. The second-order valence-corrected chi connectivity index (χ2v) is 6.11. The number of carboxylic acids is 2. The number of aryl methyl sites for hydroxylation is 2. The summed E-state index contributed by atoms with van der Waals surface area (Å²) in [5, 5.41) is 18.8. The van der Waals surface area contributed by atoms with Gasteiger partial charge in [0.05, 0.1) is 13.2 Å². The van der Waals surface area contributed by atoms with E-state index in [1.807, 2.05) is 38.1 Å². The molecular formula is C20H22O6. The van der Waals surface area contributed by atoms with Crippen LogP contribution < -0.4 is 0 Å². The molecule has 0 fully saturated rings. The van der Waals surface area contributed by atoms with Gasteiger partial charge in [0.1, 0.15) is 0 Å². The summed E-state index contributed by atoms with van der Waals surface area (Å²) in [5.41, 5.74) is 3.64. The number of carboxylic acid groups (broad SMARTS) is 2. The van der Waals surface area contributed by atoms with Crippen LogP contribution in [0.25, 0.3) is 0 Å². The van der Waals surface area contributed by atoms with E-state index < -0.39 is 24.1 Å². The van der Waals surface area contributed by atoms with Crippen molar-refractivity contribution in [2.45, 2.75) is 39.3 Å². The van der Waals surface area contributed by atoms with Crippen LogP contribution in [-0.4, -0.2) is 34.4 Å². The Balaban J connectivity index is 2.04. The number of aliphatic carboxylic acids is 2. The monoisotopic (exact) mass is 358 g/mol. The van der Waals surface area contributed by atoms with Gasteiger partial charge in [-0.25, -0.2) is 9.59 Å². The van der Waals surface area contributed by atoms with Gasteiger partial charge in [0.15, 0.2) is 12.2 Å². The van der Waals surface area contributed by atoms with Crippen molar-refractivity contribution in [2.75, 3.05) is 0 Å². The largest absolute Gasteiger partial charge is 0.479 e. The smallest absolute Gasteiger partial charge is 0.336 e. The molecule has 0 aromatic heterocycles. The Labute approximate surface area is 152 Å². The van der Waals surface area contributed by atoms with Gasteiger partial charge in [-0.2, -0.15) is 0 Å². The summed E-state index contributed by atoms with van der Waals surface area (Å²) in [6.07, 6.45) is -3.22. The van der Waals surface area contributed by atoms with E-state index in [1.165, 1.54) is 0 Å². The second-order valence-electron chi connectivity index (χ2n) is 6.11. The van der Waals surface area contributed by atoms with Crippen LogP contribution in [0.3, 0.4) is 0 Å². The number of hydrogen-bond acceptors (Lipinski definition) is 4. The molecule has 0 bridgehead atoms. The summed E-state index contributed by atoms with van der Waals surface area (Å²) in [7, 11) is 0. The fourth-order valence-corrected chi connectivity index (χ4v) is 2.32. The molecule has 0 aliphatic rings. The topological polar surface area (TPSA) is 93.1 Å². The van der Waals surface area contributed by atoms with Gasteiger partial charge in [0.25, 0.3) is 0 Å². The second kappa shape index (κ2) is 9.12. The van der Waals surface area contributed by atoms with E-state index in [0.717, 1.165) is 22.3 Å². The van der Waals surface area contributed by atoms with E-state index in [2.05, 4.69) is 0 Å². The Morgan fingerprint density at radius 2 is 1.04 bits per heavy atom. The molecule has 2 unspecified atom stereocenters. The van der Waals surface area contributed by atoms with Crippen molar-refractivity contribution in [2.24, 2.45) is 0 Å². The highest BCUT2D eigenvalue weighted by Crippen LogP contribution is 2.14. The Kier molecular flexibility index (Phi) is 6.89. The van der Waals surface area contributed by atoms with Gasteiger partial charge in [-0.05, 0) is 25.0 Å². The predicted octanol–water partition coefficient (Wildman–Crippen LogP) is 2.94. The van der Waals surface area contributed by atoms with E-state index in [1.54, 1.807) is 24.3 Å². The first-order valence-electron chi connectivity index (χ1n) is 8.16. The molecule has 0 aliphatic carbocycles. The molecule has 2 atom stereocenters. The molecule has 2 aromatic carbocycles. The molecule has 0 radical (unpaired) electrons. The molecule has 138 valence electrons. The molecule has 2 rings (SSSR count).